The summed E-state index contributed by atoms with van der Waals surface area (Å²) in [5.41, 5.74) is 2.57. The molecule has 86 valence electrons. The van der Waals surface area contributed by atoms with Gasteiger partial charge < -0.3 is 5.32 Å². The van der Waals surface area contributed by atoms with Crippen LogP contribution < -0.4 is 5.32 Å². The molecule has 0 aliphatic rings. The largest absolute Gasteiger partial charge is 0.378 e. The third-order valence-electron chi connectivity index (χ3n) is 2.33. The van der Waals surface area contributed by atoms with Crippen molar-refractivity contribution in [2.45, 2.75) is 6.54 Å². The van der Waals surface area contributed by atoms with Crippen LogP contribution in [0, 0.1) is 11.3 Å². The lowest BCUT2D eigenvalue weighted by atomic mass is 10.2. The maximum Gasteiger partial charge on any atom is 0.0992 e. The number of hydrogen-bond donors (Lipinski definition) is 1. The zero-order chi connectivity index (χ0) is 12.3. The highest BCUT2D eigenvalue weighted by Gasteiger charge is 2.02. The predicted octanol–water partition coefficient (Wildman–Crippen LogP) is 2.67. The van der Waals surface area contributed by atoms with Crippen LogP contribution in [0.2, 0.25) is 0 Å². The molecule has 0 atom stereocenters. The lowest BCUT2D eigenvalue weighted by molar-refractivity contribution is 0.747. The van der Waals surface area contributed by atoms with Gasteiger partial charge in [0.2, 0.25) is 0 Å². The molecule has 0 fully saturated rings. The smallest absolute Gasteiger partial charge is 0.0992 e. The van der Waals surface area contributed by atoms with Crippen LogP contribution >= 0.6 is 15.9 Å². The molecule has 4 nitrogen and oxygen atoms in total. The highest BCUT2D eigenvalue weighted by Crippen LogP contribution is 2.23. The van der Waals surface area contributed by atoms with Crippen molar-refractivity contribution in [1.82, 2.24) is 9.78 Å². The molecule has 0 bridgehead atoms. The number of halogens is 1. The molecule has 1 heterocycles. The molecule has 2 aromatic rings. The Kier molecular flexibility index (Phi) is 3.45. The summed E-state index contributed by atoms with van der Waals surface area (Å²) >= 11 is 3.43. The van der Waals surface area contributed by atoms with Crippen LogP contribution in [0.3, 0.4) is 0 Å². The summed E-state index contributed by atoms with van der Waals surface area (Å²) in [6, 6.07) is 9.52. The Balaban J connectivity index is 2.07. The van der Waals surface area contributed by atoms with Gasteiger partial charge >= 0.3 is 0 Å². The fourth-order valence-corrected chi connectivity index (χ4v) is 1.99. The number of nitrogens with one attached hydrogen (secondary N) is 1. The quantitative estimate of drug-likeness (QED) is 0.946. The Morgan fingerprint density at radius 3 is 2.88 bits per heavy atom. The molecule has 0 radical (unpaired) electrons. The van der Waals surface area contributed by atoms with Crippen LogP contribution in [0.5, 0.6) is 0 Å². The Labute approximate surface area is 108 Å². The van der Waals surface area contributed by atoms with Crippen molar-refractivity contribution in [3.63, 3.8) is 0 Å². The lowest BCUT2D eigenvalue weighted by Gasteiger charge is -2.06. The third-order valence-corrected chi connectivity index (χ3v) is 2.98. The van der Waals surface area contributed by atoms with Crippen molar-refractivity contribution in [3.8, 4) is 6.07 Å². The van der Waals surface area contributed by atoms with Gasteiger partial charge in [0.05, 0.1) is 23.9 Å². The van der Waals surface area contributed by atoms with Crippen molar-refractivity contribution in [2.75, 3.05) is 5.32 Å². The van der Waals surface area contributed by atoms with E-state index in [1.54, 1.807) is 16.8 Å². The first-order valence-corrected chi connectivity index (χ1v) is 5.90. The van der Waals surface area contributed by atoms with E-state index in [9.17, 15) is 0 Å². The highest BCUT2D eigenvalue weighted by atomic mass is 79.9. The molecule has 0 amide bonds. The number of nitrogens with zero attached hydrogens (tertiary/aromatic N) is 3. The van der Waals surface area contributed by atoms with Crippen LogP contribution in [0.25, 0.3) is 0 Å². The van der Waals surface area contributed by atoms with Gasteiger partial charge in [-0.1, -0.05) is 0 Å². The van der Waals surface area contributed by atoms with Crippen molar-refractivity contribution in [3.05, 3.63) is 46.2 Å². The summed E-state index contributed by atoms with van der Waals surface area (Å²) < 4.78 is 2.65. The summed E-state index contributed by atoms with van der Waals surface area (Å²) in [5.74, 6) is 0. The first-order chi connectivity index (χ1) is 8.19. The minimum Gasteiger partial charge on any atom is -0.378 e. The van der Waals surface area contributed by atoms with Gasteiger partial charge in [0.1, 0.15) is 0 Å². The van der Waals surface area contributed by atoms with Crippen molar-refractivity contribution in [2.24, 2.45) is 7.05 Å². The van der Waals surface area contributed by atoms with Crippen LogP contribution in [0.1, 0.15) is 11.3 Å². The van der Waals surface area contributed by atoms with Crippen LogP contribution in [0.15, 0.2) is 34.9 Å². The highest BCUT2D eigenvalue weighted by molar-refractivity contribution is 9.10. The molecule has 17 heavy (non-hydrogen) atoms. The molecule has 1 aromatic carbocycles. The van der Waals surface area contributed by atoms with Gasteiger partial charge in [-0.05, 0) is 40.2 Å². The second kappa shape index (κ2) is 5.02. The van der Waals surface area contributed by atoms with Crippen LogP contribution in [-0.4, -0.2) is 9.78 Å². The number of aromatic nitrogens is 2. The van der Waals surface area contributed by atoms with Gasteiger partial charge in [0.15, 0.2) is 0 Å². The third kappa shape index (κ3) is 2.86. The Bertz CT molecular complexity index is 568. The van der Waals surface area contributed by atoms with E-state index in [4.69, 9.17) is 5.26 Å². The van der Waals surface area contributed by atoms with E-state index < -0.39 is 0 Å². The van der Waals surface area contributed by atoms with E-state index >= 15 is 0 Å². The summed E-state index contributed by atoms with van der Waals surface area (Å²) in [7, 11) is 1.89. The fraction of sp³-hybridized carbons (Fsp3) is 0.167. The van der Waals surface area contributed by atoms with Gasteiger partial charge in [0.25, 0.3) is 0 Å². The van der Waals surface area contributed by atoms with Crippen molar-refractivity contribution in [1.29, 1.82) is 5.26 Å². The molecule has 1 aromatic heterocycles. The number of benzene rings is 1. The first-order valence-electron chi connectivity index (χ1n) is 5.11. The second-order valence-electron chi connectivity index (χ2n) is 3.64. The number of aryl methyl sites for hydroxylation is 1. The molecule has 5 heteroatoms. The van der Waals surface area contributed by atoms with Gasteiger partial charge in [-0.3, -0.25) is 4.68 Å². The molecular weight excluding hydrogens is 280 g/mol. The van der Waals surface area contributed by atoms with Gasteiger partial charge in [-0.15, -0.1) is 0 Å². The van der Waals surface area contributed by atoms with E-state index in [0.717, 1.165) is 15.9 Å². The van der Waals surface area contributed by atoms with Crippen molar-refractivity contribution >= 4 is 21.6 Å². The average Bonchev–Trinajstić information content (AvgIpc) is 2.73. The molecule has 0 spiro atoms. The number of rotatable bonds is 3. The summed E-state index contributed by atoms with van der Waals surface area (Å²) in [6.45, 7) is 0.658. The summed E-state index contributed by atoms with van der Waals surface area (Å²) in [4.78, 5) is 0. The summed E-state index contributed by atoms with van der Waals surface area (Å²) in [6.07, 6.45) is 1.91. The Hall–Kier alpha value is -1.80. The molecule has 0 aliphatic heterocycles. The molecule has 2 rings (SSSR count). The van der Waals surface area contributed by atoms with Crippen molar-refractivity contribution < 1.29 is 0 Å². The average molecular weight is 291 g/mol. The van der Waals surface area contributed by atoms with E-state index in [1.165, 1.54) is 0 Å². The normalized spacial score (nSPS) is 9.94. The monoisotopic (exact) mass is 290 g/mol. The van der Waals surface area contributed by atoms with Crippen LogP contribution in [-0.2, 0) is 13.6 Å². The van der Waals surface area contributed by atoms with Crippen LogP contribution in [0.4, 0.5) is 5.69 Å². The van der Waals surface area contributed by atoms with Gasteiger partial charge in [-0.25, -0.2) is 0 Å². The molecule has 1 N–H and O–H groups in total. The maximum absolute atomic E-state index is 8.76. The van der Waals surface area contributed by atoms with E-state index in [0.29, 0.717) is 12.1 Å². The molecule has 0 unspecified atom stereocenters. The zero-order valence-corrected chi connectivity index (χ0v) is 10.9. The minimum atomic E-state index is 0.639. The number of nitriles is 1. The van der Waals surface area contributed by atoms with E-state index in [-0.39, 0.29) is 0 Å². The molecule has 0 aliphatic carbocycles. The predicted molar refractivity (Wildman–Crippen MR) is 69.4 cm³/mol. The van der Waals surface area contributed by atoms with Gasteiger partial charge in [-0.2, -0.15) is 10.4 Å². The number of anilines is 1. The first kappa shape index (κ1) is 11.7. The van der Waals surface area contributed by atoms with E-state index in [2.05, 4.69) is 32.4 Å². The lowest BCUT2D eigenvalue weighted by Crippen LogP contribution is -2.01. The number of hydrogen-bond acceptors (Lipinski definition) is 3. The molecule has 0 saturated carbocycles. The zero-order valence-electron chi connectivity index (χ0n) is 9.31. The molecular formula is C12H11BrN4. The summed E-state index contributed by atoms with van der Waals surface area (Å²) in [5, 5.41) is 16.3. The van der Waals surface area contributed by atoms with Gasteiger partial charge in [0, 0.05) is 23.4 Å². The standard InChI is InChI=1S/C12H11BrN4/c1-17-5-4-10(16-17)8-15-12-3-2-9(7-14)6-11(12)13/h2-6,15H,8H2,1H3. The SMILES string of the molecule is Cn1ccc(CNc2ccc(C#N)cc2Br)n1. The molecule has 0 saturated heterocycles. The Morgan fingerprint density at radius 2 is 2.29 bits per heavy atom. The fourth-order valence-electron chi connectivity index (χ4n) is 1.47. The minimum absolute atomic E-state index is 0.639. The maximum atomic E-state index is 8.76. The van der Waals surface area contributed by atoms with E-state index in [1.807, 2.05) is 25.4 Å². The topological polar surface area (TPSA) is 53.6 Å². The second-order valence-corrected chi connectivity index (χ2v) is 4.50. The Morgan fingerprint density at radius 1 is 1.47 bits per heavy atom.